The molecule has 0 saturated carbocycles. The molecule has 2 aliphatic carbocycles. The van der Waals surface area contributed by atoms with Crippen LogP contribution in [0.2, 0.25) is 0 Å². The minimum Gasteiger partial charge on any atom is -0.496 e. The number of aryl methyl sites for hydroxylation is 2. The average molecular weight is 480 g/mol. The van der Waals surface area contributed by atoms with Crippen LogP contribution in [-0.2, 0) is 12.8 Å². The molecule has 0 aromatic heterocycles. The van der Waals surface area contributed by atoms with Crippen LogP contribution in [0.4, 0.5) is 0 Å². The fraction of sp³-hybridized carbons (Fsp3) is 0.394. The van der Waals surface area contributed by atoms with Gasteiger partial charge in [-0.25, -0.2) is 0 Å². The summed E-state index contributed by atoms with van der Waals surface area (Å²) in [6.07, 6.45) is 7.17. The van der Waals surface area contributed by atoms with Crippen LogP contribution in [0.25, 0.3) is 11.1 Å². The van der Waals surface area contributed by atoms with Gasteiger partial charge in [-0.1, -0.05) is 55.8 Å². The highest BCUT2D eigenvalue weighted by atomic mass is 16.5. The molecule has 6 rings (SSSR count). The van der Waals surface area contributed by atoms with Crippen molar-refractivity contribution >= 4 is 11.1 Å². The molecule has 1 saturated heterocycles. The Hall–Kier alpha value is -3.04. The summed E-state index contributed by atoms with van der Waals surface area (Å²) in [6, 6.07) is 22.6. The minimum atomic E-state index is 0.245. The summed E-state index contributed by atoms with van der Waals surface area (Å²) in [5.41, 5.74) is 11.3. The zero-order chi connectivity index (χ0) is 24.5. The smallest absolute Gasteiger partial charge is 0.122 e. The van der Waals surface area contributed by atoms with E-state index >= 15 is 0 Å². The second kappa shape index (κ2) is 10.1. The van der Waals surface area contributed by atoms with Gasteiger partial charge in [0.1, 0.15) is 18.1 Å². The van der Waals surface area contributed by atoms with Crippen LogP contribution in [0.3, 0.4) is 0 Å². The fourth-order valence-electron chi connectivity index (χ4n) is 6.51. The summed E-state index contributed by atoms with van der Waals surface area (Å²) in [5.74, 6) is 2.23. The molecule has 186 valence electrons. The Labute approximate surface area is 215 Å². The molecule has 1 unspecified atom stereocenters. The van der Waals surface area contributed by atoms with Crippen LogP contribution in [-0.4, -0.2) is 38.3 Å². The lowest BCUT2D eigenvalue weighted by molar-refractivity contribution is 0.183. The van der Waals surface area contributed by atoms with Gasteiger partial charge in [-0.15, -0.1) is 0 Å². The van der Waals surface area contributed by atoms with E-state index in [0.29, 0.717) is 0 Å². The van der Waals surface area contributed by atoms with E-state index in [-0.39, 0.29) is 5.92 Å². The highest BCUT2D eigenvalue weighted by molar-refractivity contribution is 6.03. The van der Waals surface area contributed by atoms with E-state index in [1.165, 1.54) is 76.9 Å². The summed E-state index contributed by atoms with van der Waals surface area (Å²) in [5, 5.41) is 0. The standard InChI is InChI=1S/C33H37NO2/c1-3-23-21-30-29(22-31(23)35-2)28-16-13-24-9-5-6-10-27(24)33(28)32(30)25-11-14-26(15-12-25)36-20-19-34-17-7-4-8-18-34/h5-6,9-12,14-15,21-22,32H,3-4,7-8,13,16-20H2,1-2H3. The Bertz CT molecular complexity index is 1270. The first kappa shape index (κ1) is 23.4. The van der Waals surface area contributed by atoms with Crippen LogP contribution in [0, 0.1) is 0 Å². The van der Waals surface area contributed by atoms with Crippen LogP contribution in [0.5, 0.6) is 11.5 Å². The van der Waals surface area contributed by atoms with Gasteiger partial charge in [-0.05, 0) is 108 Å². The van der Waals surface area contributed by atoms with E-state index in [9.17, 15) is 0 Å². The van der Waals surface area contributed by atoms with Crippen LogP contribution < -0.4 is 9.47 Å². The highest BCUT2D eigenvalue weighted by Crippen LogP contribution is 2.55. The van der Waals surface area contributed by atoms with Gasteiger partial charge < -0.3 is 9.47 Å². The molecule has 0 bridgehead atoms. The molecular formula is C33H37NO2. The Kier molecular flexibility index (Phi) is 6.58. The number of benzene rings is 3. The number of allylic oxidation sites excluding steroid dienone is 2. The molecule has 0 N–H and O–H groups in total. The molecular weight excluding hydrogens is 442 g/mol. The van der Waals surface area contributed by atoms with Gasteiger partial charge in [0.05, 0.1) is 7.11 Å². The molecule has 0 radical (unpaired) electrons. The maximum absolute atomic E-state index is 6.16. The largest absolute Gasteiger partial charge is 0.496 e. The Morgan fingerprint density at radius 2 is 1.69 bits per heavy atom. The van der Waals surface area contributed by atoms with Gasteiger partial charge in [0.25, 0.3) is 0 Å². The van der Waals surface area contributed by atoms with Crippen LogP contribution in [0.1, 0.15) is 71.9 Å². The maximum atomic E-state index is 6.16. The quantitative estimate of drug-likeness (QED) is 0.360. The second-order valence-corrected chi connectivity index (χ2v) is 10.4. The van der Waals surface area contributed by atoms with Crippen molar-refractivity contribution in [3.05, 3.63) is 94.0 Å². The number of methoxy groups -OCH3 is 1. The number of hydrogen-bond acceptors (Lipinski definition) is 3. The fourth-order valence-corrected chi connectivity index (χ4v) is 6.51. The third-order valence-corrected chi connectivity index (χ3v) is 8.37. The van der Waals surface area contributed by atoms with E-state index in [1.807, 2.05) is 0 Å². The monoisotopic (exact) mass is 479 g/mol. The van der Waals surface area contributed by atoms with E-state index in [1.54, 1.807) is 7.11 Å². The maximum Gasteiger partial charge on any atom is 0.122 e. The van der Waals surface area contributed by atoms with E-state index in [0.717, 1.165) is 43.9 Å². The van der Waals surface area contributed by atoms with Crippen molar-refractivity contribution in [2.45, 2.75) is 51.4 Å². The van der Waals surface area contributed by atoms with Crippen molar-refractivity contribution in [1.82, 2.24) is 4.90 Å². The normalized spacial score (nSPS) is 19.0. The lowest BCUT2D eigenvalue weighted by Crippen LogP contribution is -2.33. The topological polar surface area (TPSA) is 21.7 Å². The highest BCUT2D eigenvalue weighted by Gasteiger charge is 2.36. The predicted octanol–water partition coefficient (Wildman–Crippen LogP) is 7.12. The number of piperidine rings is 1. The third kappa shape index (κ3) is 4.24. The number of nitrogens with zero attached hydrogens (tertiary/aromatic N) is 1. The van der Waals surface area contributed by atoms with Crippen LogP contribution in [0.15, 0.2) is 60.7 Å². The van der Waals surface area contributed by atoms with Crippen LogP contribution >= 0.6 is 0 Å². The van der Waals surface area contributed by atoms with E-state index in [2.05, 4.69) is 72.5 Å². The minimum absolute atomic E-state index is 0.245. The third-order valence-electron chi connectivity index (χ3n) is 8.37. The summed E-state index contributed by atoms with van der Waals surface area (Å²) >= 11 is 0. The molecule has 3 aromatic carbocycles. The van der Waals surface area contributed by atoms with Crippen molar-refractivity contribution in [3.8, 4) is 11.5 Å². The van der Waals surface area contributed by atoms with Gasteiger partial charge in [0.15, 0.2) is 0 Å². The van der Waals surface area contributed by atoms with Crippen molar-refractivity contribution in [3.63, 3.8) is 0 Å². The predicted molar refractivity (Wildman–Crippen MR) is 148 cm³/mol. The summed E-state index contributed by atoms with van der Waals surface area (Å²) in [4.78, 5) is 2.53. The molecule has 36 heavy (non-hydrogen) atoms. The average Bonchev–Trinajstić information content (AvgIpc) is 3.27. The lowest BCUT2D eigenvalue weighted by Gasteiger charge is -2.26. The zero-order valence-corrected chi connectivity index (χ0v) is 21.7. The number of fused-ring (bicyclic) bond motifs is 4. The van der Waals surface area contributed by atoms with Crippen molar-refractivity contribution < 1.29 is 9.47 Å². The second-order valence-electron chi connectivity index (χ2n) is 10.4. The first-order valence-corrected chi connectivity index (χ1v) is 13.7. The van der Waals surface area contributed by atoms with Gasteiger partial charge in [0, 0.05) is 12.5 Å². The molecule has 3 aliphatic rings. The van der Waals surface area contributed by atoms with E-state index < -0.39 is 0 Å². The summed E-state index contributed by atoms with van der Waals surface area (Å²) in [6.45, 7) is 6.42. The van der Waals surface area contributed by atoms with Gasteiger partial charge in [0.2, 0.25) is 0 Å². The SMILES string of the molecule is CCc1cc2c(cc1OC)C1=C(c3ccccc3CC1)C2c1ccc(OCCN2CCCCC2)cc1. The lowest BCUT2D eigenvalue weighted by atomic mass is 9.80. The zero-order valence-electron chi connectivity index (χ0n) is 21.7. The van der Waals surface area contributed by atoms with Crippen molar-refractivity contribution in [1.29, 1.82) is 0 Å². The van der Waals surface area contributed by atoms with Crippen molar-refractivity contribution in [2.24, 2.45) is 0 Å². The van der Waals surface area contributed by atoms with Crippen molar-refractivity contribution in [2.75, 3.05) is 33.4 Å². The number of likely N-dealkylation sites (tertiary alicyclic amines) is 1. The number of rotatable bonds is 7. The Morgan fingerprint density at radius 1 is 0.889 bits per heavy atom. The number of ether oxygens (including phenoxy) is 2. The first-order chi connectivity index (χ1) is 17.8. The molecule has 3 nitrogen and oxygen atoms in total. The van der Waals surface area contributed by atoms with Gasteiger partial charge >= 0.3 is 0 Å². The van der Waals surface area contributed by atoms with Gasteiger partial charge in [-0.2, -0.15) is 0 Å². The molecule has 3 aromatic rings. The molecule has 0 amide bonds. The molecule has 0 spiro atoms. The Balaban J connectivity index is 1.32. The van der Waals surface area contributed by atoms with E-state index in [4.69, 9.17) is 9.47 Å². The summed E-state index contributed by atoms with van der Waals surface area (Å²) in [7, 11) is 1.79. The molecule has 1 heterocycles. The Morgan fingerprint density at radius 3 is 2.47 bits per heavy atom. The number of hydrogen-bond donors (Lipinski definition) is 0. The molecule has 1 fully saturated rings. The summed E-state index contributed by atoms with van der Waals surface area (Å²) < 4.78 is 12.0. The molecule has 1 atom stereocenters. The van der Waals surface area contributed by atoms with Gasteiger partial charge in [-0.3, -0.25) is 4.90 Å². The first-order valence-electron chi connectivity index (χ1n) is 13.7. The molecule has 3 heteroatoms. The molecule has 1 aliphatic heterocycles.